The first kappa shape index (κ1) is 18.4. The van der Waals surface area contributed by atoms with E-state index in [4.69, 9.17) is 0 Å². The molecule has 0 radical (unpaired) electrons. The summed E-state index contributed by atoms with van der Waals surface area (Å²) in [4.78, 5) is 0. The number of benzene rings is 2. The van der Waals surface area contributed by atoms with Gasteiger partial charge in [0.05, 0.1) is 0 Å². The van der Waals surface area contributed by atoms with Gasteiger partial charge in [-0.25, -0.2) is 0 Å². The Bertz CT molecular complexity index is 791. The maximum atomic E-state index is 3.70. The minimum atomic E-state index is 0.184. The Morgan fingerprint density at radius 3 is 1.56 bits per heavy atom. The van der Waals surface area contributed by atoms with Crippen molar-refractivity contribution < 1.29 is 0 Å². The first-order valence-electron chi connectivity index (χ1n) is 10.4. The van der Waals surface area contributed by atoms with Crippen molar-refractivity contribution in [2.75, 3.05) is 10.6 Å². The van der Waals surface area contributed by atoms with Crippen molar-refractivity contribution in [2.24, 2.45) is 0 Å². The van der Waals surface area contributed by atoms with Crippen LogP contribution in [-0.2, 0) is 6.42 Å². The molecule has 0 aromatic heterocycles. The van der Waals surface area contributed by atoms with Crippen molar-refractivity contribution in [3.63, 3.8) is 0 Å². The molecule has 27 heavy (non-hydrogen) atoms. The third-order valence-corrected chi connectivity index (χ3v) is 6.28. The van der Waals surface area contributed by atoms with Crippen LogP contribution in [0, 0.1) is 0 Å². The van der Waals surface area contributed by atoms with Crippen molar-refractivity contribution >= 4 is 11.4 Å². The van der Waals surface area contributed by atoms with Crippen LogP contribution in [0.25, 0.3) is 0 Å². The second-order valence-corrected chi connectivity index (χ2v) is 10.2. The highest BCUT2D eigenvalue weighted by molar-refractivity contribution is 5.60. The SMILES string of the molecule is C[C@@H]1CC(C)(C)Nc2ccc(Cc3ccc4c(c3)[C@@H](C)CC(C)(C)N4)cc21. The van der Waals surface area contributed by atoms with Crippen LogP contribution in [0.5, 0.6) is 0 Å². The van der Waals surface area contributed by atoms with Crippen molar-refractivity contribution in [1.29, 1.82) is 0 Å². The maximum Gasteiger partial charge on any atom is 0.0379 e. The van der Waals surface area contributed by atoms with Crippen molar-refractivity contribution in [3.05, 3.63) is 58.7 Å². The molecule has 2 heterocycles. The second-order valence-electron chi connectivity index (χ2n) is 10.2. The molecular weight excluding hydrogens is 328 g/mol. The van der Waals surface area contributed by atoms with Gasteiger partial charge in [0.15, 0.2) is 0 Å². The number of rotatable bonds is 2. The number of anilines is 2. The summed E-state index contributed by atoms with van der Waals surface area (Å²) in [6, 6.07) is 14.0. The zero-order valence-electron chi connectivity index (χ0n) is 17.7. The zero-order chi connectivity index (χ0) is 19.4. The number of hydrogen-bond acceptors (Lipinski definition) is 2. The van der Waals surface area contributed by atoms with Gasteiger partial charge in [0.2, 0.25) is 0 Å². The van der Waals surface area contributed by atoms with E-state index in [9.17, 15) is 0 Å². The van der Waals surface area contributed by atoms with Gasteiger partial charge in [-0.1, -0.05) is 38.1 Å². The fourth-order valence-corrected chi connectivity index (χ4v) is 5.31. The van der Waals surface area contributed by atoms with Crippen LogP contribution in [0.1, 0.15) is 88.5 Å². The lowest BCUT2D eigenvalue weighted by atomic mass is 9.80. The van der Waals surface area contributed by atoms with Crippen LogP contribution >= 0.6 is 0 Å². The van der Waals surface area contributed by atoms with Gasteiger partial charge in [-0.05, 0) is 93.2 Å². The van der Waals surface area contributed by atoms with Crippen LogP contribution in [0.15, 0.2) is 36.4 Å². The van der Waals surface area contributed by atoms with E-state index in [0.717, 1.165) is 6.42 Å². The summed E-state index contributed by atoms with van der Waals surface area (Å²) in [6.45, 7) is 13.9. The monoisotopic (exact) mass is 362 g/mol. The summed E-state index contributed by atoms with van der Waals surface area (Å²) in [7, 11) is 0. The van der Waals surface area contributed by atoms with Crippen molar-refractivity contribution in [1.82, 2.24) is 0 Å². The molecule has 0 fully saturated rings. The lowest BCUT2D eigenvalue weighted by Gasteiger charge is -2.38. The Hall–Kier alpha value is -1.96. The molecule has 2 heteroatoms. The average Bonchev–Trinajstić information content (AvgIpc) is 2.54. The molecule has 0 spiro atoms. The Morgan fingerprint density at radius 2 is 1.15 bits per heavy atom. The zero-order valence-corrected chi connectivity index (χ0v) is 17.7. The molecule has 0 bridgehead atoms. The fourth-order valence-electron chi connectivity index (χ4n) is 5.31. The van der Waals surface area contributed by atoms with Gasteiger partial charge in [-0.15, -0.1) is 0 Å². The molecule has 2 aromatic rings. The molecule has 2 aromatic carbocycles. The molecular formula is C25H34N2. The van der Waals surface area contributed by atoms with Crippen LogP contribution in [0.3, 0.4) is 0 Å². The molecule has 0 amide bonds. The molecule has 2 N–H and O–H groups in total. The van der Waals surface area contributed by atoms with Gasteiger partial charge in [0.1, 0.15) is 0 Å². The highest BCUT2D eigenvalue weighted by atomic mass is 15.0. The summed E-state index contributed by atoms with van der Waals surface area (Å²) in [5.74, 6) is 1.21. The van der Waals surface area contributed by atoms with Gasteiger partial charge in [-0.3, -0.25) is 0 Å². The summed E-state index contributed by atoms with van der Waals surface area (Å²) >= 11 is 0. The van der Waals surface area contributed by atoms with Gasteiger partial charge < -0.3 is 10.6 Å². The minimum absolute atomic E-state index is 0.184. The summed E-state index contributed by atoms with van der Waals surface area (Å²) in [5.41, 5.74) is 8.77. The van der Waals surface area contributed by atoms with Crippen LogP contribution in [0.4, 0.5) is 11.4 Å². The molecule has 0 saturated carbocycles. The van der Waals surface area contributed by atoms with Crippen LogP contribution < -0.4 is 10.6 Å². The Morgan fingerprint density at radius 1 is 0.741 bits per heavy atom. The highest BCUT2D eigenvalue weighted by Crippen LogP contribution is 2.41. The largest absolute Gasteiger partial charge is 0.380 e. The smallest absolute Gasteiger partial charge is 0.0379 e. The molecule has 4 rings (SSSR count). The van der Waals surface area contributed by atoms with Gasteiger partial charge >= 0.3 is 0 Å². The van der Waals surface area contributed by atoms with Crippen molar-refractivity contribution in [3.8, 4) is 0 Å². The predicted molar refractivity (Wildman–Crippen MR) is 117 cm³/mol. The van der Waals surface area contributed by atoms with E-state index in [1.54, 1.807) is 0 Å². The molecule has 144 valence electrons. The number of fused-ring (bicyclic) bond motifs is 2. The summed E-state index contributed by atoms with van der Waals surface area (Å²) < 4.78 is 0. The quantitative estimate of drug-likeness (QED) is 0.623. The molecule has 0 saturated heterocycles. The first-order chi connectivity index (χ1) is 12.6. The predicted octanol–water partition coefficient (Wildman–Crippen LogP) is 6.67. The maximum absolute atomic E-state index is 3.70. The van der Waals surface area contributed by atoms with E-state index in [2.05, 4.69) is 88.6 Å². The van der Waals surface area contributed by atoms with E-state index in [-0.39, 0.29) is 11.1 Å². The third-order valence-electron chi connectivity index (χ3n) is 6.28. The van der Waals surface area contributed by atoms with E-state index in [1.807, 2.05) is 0 Å². The Kier molecular flexibility index (Phi) is 4.29. The molecule has 0 unspecified atom stereocenters. The van der Waals surface area contributed by atoms with Gasteiger partial charge in [0, 0.05) is 22.5 Å². The summed E-state index contributed by atoms with van der Waals surface area (Å²) in [5, 5.41) is 7.41. The molecule has 2 nitrogen and oxygen atoms in total. The number of nitrogens with one attached hydrogen (secondary N) is 2. The molecule has 2 atom stereocenters. The topological polar surface area (TPSA) is 24.1 Å². The molecule has 0 aliphatic carbocycles. The Balaban J connectivity index is 1.59. The van der Waals surface area contributed by atoms with E-state index >= 15 is 0 Å². The first-order valence-corrected chi connectivity index (χ1v) is 10.4. The Labute approximate surface area is 164 Å². The summed E-state index contributed by atoms with van der Waals surface area (Å²) in [6.07, 6.45) is 3.37. The van der Waals surface area contributed by atoms with Crippen molar-refractivity contribution in [2.45, 2.75) is 83.7 Å². The molecule has 2 aliphatic rings. The third kappa shape index (κ3) is 3.72. The lowest BCUT2D eigenvalue weighted by molar-refractivity contribution is 0.454. The van der Waals surface area contributed by atoms with E-state index < -0.39 is 0 Å². The molecule has 2 aliphatic heterocycles. The average molecular weight is 363 g/mol. The number of hydrogen-bond donors (Lipinski definition) is 2. The van der Waals surface area contributed by atoms with E-state index in [1.165, 1.54) is 46.5 Å². The normalized spacial score (nSPS) is 25.0. The van der Waals surface area contributed by atoms with Gasteiger partial charge in [0.25, 0.3) is 0 Å². The van der Waals surface area contributed by atoms with E-state index in [0.29, 0.717) is 11.8 Å². The highest BCUT2D eigenvalue weighted by Gasteiger charge is 2.30. The fraction of sp³-hybridized carbons (Fsp3) is 0.520. The van der Waals surface area contributed by atoms with Crippen LogP contribution in [0.2, 0.25) is 0 Å². The standard InChI is InChI=1S/C25H34N2/c1-16-14-24(3,4)26-22-9-7-18(12-20(16)22)11-19-8-10-23-21(13-19)17(2)15-25(5,6)27-23/h7-10,12-13,16-17,26-27H,11,14-15H2,1-6H3/t16-,17+. The lowest BCUT2D eigenvalue weighted by Crippen LogP contribution is -2.36. The second kappa shape index (κ2) is 6.29. The van der Waals surface area contributed by atoms with Gasteiger partial charge in [-0.2, -0.15) is 0 Å². The minimum Gasteiger partial charge on any atom is -0.380 e. The van der Waals surface area contributed by atoms with Crippen LogP contribution in [-0.4, -0.2) is 11.1 Å².